The van der Waals surface area contributed by atoms with Gasteiger partial charge < -0.3 is 10.2 Å². The Hall–Kier alpha value is -2.09. The molecular weight excluding hydrogens is 422 g/mol. The lowest BCUT2D eigenvalue weighted by molar-refractivity contribution is -0.115. The summed E-state index contributed by atoms with van der Waals surface area (Å²) in [5.41, 5.74) is 2.59. The molecule has 0 spiro atoms. The normalized spacial score (nSPS) is 16.4. The van der Waals surface area contributed by atoms with Gasteiger partial charge in [0.05, 0.1) is 22.2 Å². The van der Waals surface area contributed by atoms with E-state index in [1.165, 1.54) is 28.1 Å². The van der Waals surface area contributed by atoms with Gasteiger partial charge in [-0.25, -0.2) is 8.42 Å². The van der Waals surface area contributed by atoms with E-state index in [4.69, 9.17) is 11.6 Å². The number of carbonyl (C=O) groups is 1. The van der Waals surface area contributed by atoms with Gasteiger partial charge in [-0.2, -0.15) is 4.31 Å². The zero-order chi connectivity index (χ0) is 21.9. The van der Waals surface area contributed by atoms with Crippen molar-refractivity contribution >= 4 is 38.9 Å². The maximum absolute atomic E-state index is 12.8. The highest BCUT2D eigenvalue weighted by molar-refractivity contribution is 7.89. The molecule has 2 aromatic rings. The maximum Gasteiger partial charge on any atom is 0.243 e. The van der Waals surface area contributed by atoms with Crippen molar-refractivity contribution in [1.29, 1.82) is 0 Å². The zero-order valence-corrected chi connectivity index (χ0v) is 19.1. The van der Waals surface area contributed by atoms with E-state index in [0.717, 1.165) is 18.5 Å². The van der Waals surface area contributed by atoms with Gasteiger partial charge in [-0.05, 0) is 49.6 Å². The van der Waals surface area contributed by atoms with Gasteiger partial charge in [0, 0.05) is 24.8 Å². The van der Waals surface area contributed by atoms with E-state index in [1.54, 1.807) is 13.8 Å². The van der Waals surface area contributed by atoms with E-state index in [-0.39, 0.29) is 23.4 Å². The van der Waals surface area contributed by atoms with Crippen molar-refractivity contribution in [3.8, 4) is 0 Å². The van der Waals surface area contributed by atoms with Gasteiger partial charge in [0.25, 0.3) is 0 Å². The first-order chi connectivity index (χ1) is 14.3. The predicted molar refractivity (Wildman–Crippen MR) is 122 cm³/mol. The first-order valence-electron chi connectivity index (χ1n) is 10.2. The van der Waals surface area contributed by atoms with Crippen LogP contribution in [0.15, 0.2) is 47.4 Å². The molecular formula is C22H28ClN3O3S. The molecule has 0 aliphatic carbocycles. The number of rotatable bonds is 7. The maximum atomic E-state index is 12.8. The van der Waals surface area contributed by atoms with E-state index in [2.05, 4.69) is 23.2 Å². The largest absolute Gasteiger partial charge is 0.359 e. The van der Waals surface area contributed by atoms with Crippen LogP contribution in [-0.4, -0.2) is 44.3 Å². The van der Waals surface area contributed by atoms with Crippen LogP contribution in [0.2, 0.25) is 5.02 Å². The first kappa shape index (κ1) is 22.6. The number of amides is 1. The van der Waals surface area contributed by atoms with Crippen LogP contribution in [-0.2, 0) is 21.2 Å². The molecule has 1 aliphatic rings. The van der Waals surface area contributed by atoms with Crippen LogP contribution < -0.4 is 10.2 Å². The van der Waals surface area contributed by atoms with Gasteiger partial charge in [0.2, 0.25) is 15.9 Å². The number of nitrogens with one attached hydrogen (secondary N) is 1. The minimum absolute atomic E-state index is 0.114. The fourth-order valence-corrected chi connectivity index (χ4v) is 5.47. The molecule has 0 aromatic heterocycles. The van der Waals surface area contributed by atoms with Crippen molar-refractivity contribution in [2.75, 3.05) is 29.9 Å². The van der Waals surface area contributed by atoms with Crippen LogP contribution in [0.3, 0.4) is 0 Å². The SMILES string of the molecule is CCN(CC)S(=O)(=O)c1ccc(Cl)c(NC(=O)CN2c3ccccc3CCC2C)c1. The fraction of sp³-hybridized carbons (Fsp3) is 0.409. The lowest BCUT2D eigenvalue weighted by Crippen LogP contribution is -2.42. The Balaban J connectivity index is 1.81. The lowest BCUT2D eigenvalue weighted by Gasteiger charge is -2.36. The van der Waals surface area contributed by atoms with Crippen molar-refractivity contribution < 1.29 is 13.2 Å². The van der Waals surface area contributed by atoms with E-state index in [1.807, 2.05) is 18.2 Å². The molecule has 1 amide bonds. The number of para-hydroxylation sites is 1. The monoisotopic (exact) mass is 449 g/mol. The third kappa shape index (κ3) is 4.63. The lowest BCUT2D eigenvalue weighted by atomic mass is 9.96. The number of benzene rings is 2. The summed E-state index contributed by atoms with van der Waals surface area (Å²) in [5.74, 6) is -0.238. The molecule has 30 heavy (non-hydrogen) atoms. The highest BCUT2D eigenvalue weighted by atomic mass is 35.5. The molecule has 1 aliphatic heterocycles. The molecule has 0 fully saturated rings. The predicted octanol–water partition coefficient (Wildman–Crippen LogP) is 4.15. The third-order valence-corrected chi connectivity index (χ3v) is 7.91. The second-order valence-electron chi connectivity index (χ2n) is 7.42. The summed E-state index contributed by atoms with van der Waals surface area (Å²) >= 11 is 6.25. The zero-order valence-electron chi connectivity index (χ0n) is 17.6. The molecule has 1 N–H and O–H groups in total. The van der Waals surface area contributed by atoms with Crippen LogP contribution >= 0.6 is 11.6 Å². The van der Waals surface area contributed by atoms with Crippen LogP contribution in [0.1, 0.15) is 32.8 Å². The number of halogens is 1. The smallest absolute Gasteiger partial charge is 0.243 e. The Kier molecular flexibility index (Phi) is 7.06. The molecule has 3 rings (SSSR count). The summed E-state index contributed by atoms with van der Waals surface area (Å²) in [4.78, 5) is 15.0. The standard InChI is InChI=1S/C22H28ClN3O3S/c1-4-25(5-2)30(28,29)18-12-13-19(23)20(14-18)24-22(27)15-26-16(3)10-11-17-8-6-7-9-21(17)26/h6-9,12-14,16H,4-5,10-11,15H2,1-3H3,(H,24,27). The average Bonchev–Trinajstić information content (AvgIpc) is 2.72. The highest BCUT2D eigenvalue weighted by Crippen LogP contribution is 2.31. The summed E-state index contributed by atoms with van der Waals surface area (Å²) in [6, 6.07) is 12.7. The summed E-state index contributed by atoms with van der Waals surface area (Å²) < 4.78 is 27.0. The number of carbonyl (C=O) groups excluding carboxylic acids is 1. The molecule has 0 saturated heterocycles. The third-order valence-electron chi connectivity index (χ3n) is 5.53. The van der Waals surface area contributed by atoms with Gasteiger partial charge >= 0.3 is 0 Å². The average molecular weight is 450 g/mol. The molecule has 8 heteroatoms. The highest BCUT2D eigenvalue weighted by Gasteiger charge is 2.26. The Morgan fingerprint density at radius 2 is 1.90 bits per heavy atom. The van der Waals surface area contributed by atoms with Crippen molar-refractivity contribution in [3.63, 3.8) is 0 Å². The number of anilines is 2. The Labute approximate surface area is 183 Å². The van der Waals surface area contributed by atoms with Crippen LogP contribution in [0.5, 0.6) is 0 Å². The molecule has 1 atom stereocenters. The van der Waals surface area contributed by atoms with Crippen LogP contribution in [0, 0.1) is 0 Å². The molecule has 2 aromatic carbocycles. The van der Waals surface area contributed by atoms with Gasteiger partial charge in [0.1, 0.15) is 0 Å². The van der Waals surface area contributed by atoms with Crippen molar-refractivity contribution in [3.05, 3.63) is 53.1 Å². The van der Waals surface area contributed by atoms with Crippen molar-refractivity contribution in [2.24, 2.45) is 0 Å². The van der Waals surface area contributed by atoms with E-state index < -0.39 is 10.0 Å². The fourth-order valence-electron chi connectivity index (χ4n) is 3.82. The van der Waals surface area contributed by atoms with Gasteiger partial charge in [-0.1, -0.05) is 43.6 Å². The van der Waals surface area contributed by atoms with Gasteiger partial charge in [-0.3, -0.25) is 4.79 Å². The van der Waals surface area contributed by atoms with E-state index in [9.17, 15) is 13.2 Å². The molecule has 0 bridgehead atoms. The Morgan fingerprint density at radius 3 is 2.60 bits per heavy atom. The summed E-state index contributed by atoms with van der Waals surface area (Å²) in [6.45, 7) is 6.59. The minimum atomic E-state index is -3.64. The summed E-state index contributed by atoms with van der Waals surface area (Å²) in [5, 5.41) is 3.10. The Bertz CT molecular complexity index is 1020. The number of hydrogen-bond donors (Lipinski definition) is 1. The van der Waals surface area contributed by atoms with E-state index in [0.29, 0.717) is 23.8 Å². The number of hydrogen-bond acceptors (Lipinski definition) is 4. The minimum Gasteiger partial charge on any atom is -0.359 e. The number of fused-ring (bicyclic) bond motifs is 1. The number of nitrogens with zero attached hydrogens (tertiary/aromatic N) is 2. The number of sulfonamides is 1. The molecule has 6 nitrogen and oxygen atoms in total. The quantitative estimate of drug-likeness (QED) is 0.689. The van der Waals surface area contributed by atoms with Crippen LogP contribution in [0.25, 0.3) is 0 Å². The first-order valence-corrected chi connectivity index (χ1v) is 12.0. The van der Waals surface area contributed by atoms with E-state index >= 15 is 0 Å². The van der Waals surface area contributed by atoms with Gasteiger partial charge in [0.15, 0.2) is 0 Å². The molecule has 0 radical (unpaired) electrons. The molecule has 0 saturated carbocycles. The Morgan fingerprint density at radius 1 is 1.20 bits per heavy atom. The second kappa shape index (κ2) is 9.37. The topological polar surface area (TPSA) is 69.7 Å². The molecule has 1 heterocycles. The molecule has 162 valence electrons. The summed E-state index contributed by atoms with van der Waals surface area (Å²) in [6.07, 6.45) is 1.97. The molecule has 1 unspecified atom stereocenters. The van der Waals surface area contributed by atoms with Gasteiger partial charge in [-0.15, -0.1) is 0 Å². The second-order valence-corrected chi connectivity index (χ2v) is 9.77. The van der Waals surface area contributed by atoms with Crippen molar-refractivity contribution in [1.82, 2.24) is 4.31 Å². The van der Waals surface area contributed by atoms with Crippen molar-refractivity contribution in [2.45, 2.75) is 44.6 Å². The summed E-state index contributed by atoms with van der Waals surface area (Å²) in [7, 11) is -3.64. The van der Waals surface area contributed by atoms with Crippen LogP contribution in [0.4, 0.5) is 11.4 Å². The number of aryl methyl sites for hydroxylation is 1.